The Kier molecular flexibility index (Phi) is 3.49. The smallest absolute Gasteiger partial charge is 0.165 e. The van der Waals surface area contributed by atoms with Gasteiger partial charge in [-0.05, 0) is 43.9 Å². The maximum absolute atomic E-state index is 6.08. The van der Waals surface area contributed by atoms with E-state index in [1.807, 2.05) is 6.07 Å². The van der Waals surface area contributed by atoms with Crippen LogP contribution in [0.1, 0.15) is 24.1 Å². The first-order chi connectivity index (χ1) is 9.69. The molecule has 0 radical (unpaired) electrons. The molecule has 0 amide bonds. The predicted molar refractivity (Wildman–Crippen MR) is 80.1 cm³/mol. The van der Waals surface area contributed by atoms with Gasteiger partial charge in [0.25, 0.3) is 0 Å². The number of anilines is 1. The summed E-state index contributed by atoms with van der Waals surface area (Å²) in [5.74, 6) is 1.85. The Labute approximate surface area is 123 Å². The van der Waals surface area contributed by atoms with Crippen molar-refractivity contribution in [2.45, 2.75) is 25.7 Å². The second kappa shape index (κ2) is 5.29. The molecular formula is C15H16ClN3O. The fraction of sp³-hybridized carbons (Fsp3) is 0.333. The number of rotatable bonds is 2. The molecule has 1 aliphatic rings. The fourth-order valence-electron chi connectivity index (χ4n) is 2.59. The fourth-order valence-corrected chi connectivity index (χ4v) is 2.76. The molecule has 1 aromatic carbocycles. The summed E-state index contributed by atoms with van der Waals surface area (Å²) >= 11 is 5.98. The van der Waals surface area contributed by atoms with E-state index in [2.05, 4.69) is 9.97 Å². The second-order valence-electron chi connectivity index (χ2n) is 4.91. The molecule has 0 atom stereocenters. The number of nitrogen functional groups attached to an aromatic ring is 1. The number of ether oxygens (including phenoxy) is 1. The number of nitrogens with two attached hydrogens (primary N) is 1. The van der Waals surface area contributed by atoms with Crippen LogP contribution in [-0.2, 0) is 12.8 Å². The topological polar surface area (TPSA) is 61.0 Å². The third-order valence-electron chi connectivity index (χ3n) is 3.62. The van der Waals surface area contributed by atoms with Crippen molar-refractivity contribution in [2.75, 3.05) is 12.8 Å². The van der Waals surface area contributed by atoms with Crippen molar-refractivity contribution in [3.05, 3.63) is 34.5 Å². The summed E-state index contributed by atoms with van der Waals surface area (Å²) in [5.41, 5.74) is 9.07. The van der Waals surface area contributed by atoms with E-state index in [1.165, 1.54) is 0 Å². The normalized spacial score (nSPS) is 13.9. The number of methoxy groups -OCH3 is 1. The van der Waals surface area contributed by atoms with Crippen molar-refractivity contribution < 1.29 is 4.74 Å². The molecule has 0 saturated heterocycles. The average molecular weight is 290 g/mol. The van der Waals surface area contributed by atoms with E-state index in [0.717, 1.165) is 42.5 Å². The van der Waals surface area contributed by atoms with Crippen LogP contribution in [0.2, 0.25) is 5.02 Å². The van der Waals surface area contributed by atoms with Crippen molar-refractivity contribution in [3.63, 3.8) is 0 Å². The number of nitrogens with zero attached hydrogens (tertiary/aromatic N) is 2. The van der Waals surface area contributed by atoms with E-state index < -0.39 is 0 Å². The Morgan fingerprint density at radius 1 is 1.20 bits per heavy atom. The molecular weight excluding hydrogens is 274 g/mol. The molecule has 5 heteroatoms. The van der Waals surface area contributed by atoms with Crippen molar-refractivity contribution in [1.29, 1.82) is 0 Å². The summed E-state index contributed by atoms with van der Waals surface area (Å²) in [4.78, 5) is 9.11. The van der Waals surface area contributed by atoms with Crippen LogP contribution in [0.5, 0.6) is 5.75 Å². The van der Waals surface area contributed by atoms with Crippen LogP contribution in [0.4, 0.5) is 5.82 Å². The minimum Gasteiger partial charge on any atom is -0.496 e. The Hall–Kier alpha value is -1.81. The van der Waals surface area contributed by atoms with E-state index in [9.17, 15) is 0 Å². The van der Waals surface area contributed by atoms with Crippen molar-refractivity contribution in [3.8, 4) is 17.1 Å². The van der Waals surface area contributed by atoms with Gasteiger partial charge in [-0.3, -0.25) is 0 Å². The highest BCUT2D eigenvalue weighted by Crippen LogP contribution is 2.33. The first-order valence-corrected chi connectivity index (χ1v) is 7.06. The standard InChI is InChI=1S/C15H16ClN3O/c1-20-13-8-9(16)6-7-11(13)15-18-12-5-3-2-4-10(12)14(17)19-15/h6-8H,2-5H2,1H3,(H2,17,18,19). The van der Waals surface area contributed by atoms with E-state index in [1.54, 1.807) is 19.2 Å². The van der Waals surface area contributed by atoms with Crippen LogP contribution >= 0.6 is 11.6 Å². The number of fused-ring (bicyclic) bond motifs is 1. The molecule has 20 heavy (non-hydrogen) atoms. The molecule has 3 rings (SSSR count). The third-order valence-corrected chi connectivity index (χ3v) is 3.85. The quantitative estimate of drug-likeness (QED) is 0.922. The molecule has 2 aromatic rings. The number of aromatic nitrogens is 2. The van der Waals surface area contributed by atoms with Crippen molar-refractivity contribution >= 4 is 17.4 Å². The highest BCUT2D eigenvalue weighted by atomic mass is 35.5. The zero-order chi connectivity index (χ0) is 14.1. The molecule has 1 aromatic heterocycles. The molecule has 4 nitrogen and oxygen atoms in total. The Balaban J connectivity index is 2.13. The minimum atomic E-state index is 0.585. The first-order valence-electron chi connectivity index (χ1n) is 6.68. The lowest BCUT2D eigenvalue weighted by molar-refractivity contribution is 0.416. The largest absolute Gasteiger partial charge is 0.496 e. The molecule has 2 N–H and O–H groups in total. The van der Waals surface area contributed by atoms with Gasteiger partial charge in [0.1, 0.15) is 11.6 Å². The first kappa shape index (κ1) is 13.2. The molecule has 0 spiro atoms. The summed E-state index contributed by atoms with van der Waals surface area (Å²) in [6, 6.07) is 5.43. The number of benzene rings is 1. The third kappa shape index (κ3) is 2.31. The molecule has 104 valence electrons. The SMILES string of the molecule is COc1cc(Cl)ccc1-c1nc(N)c2c(n1)CCCC2. The van der Waals surface area contributed by atoms with Crippen LogP contribution in [0, 0.1) is 0 Å². The van der Waals surface area contributed by atoms with Gasteiger partial charge in [-0.15, -0.1) is 0 Å². The zero-order valence-corrected chi connectivity index (χ0v) is 12.1. The molecule has 0 saturated carbocycles. The maximum Gasteiger partial charge on any atom is 0.165 e. The monoisotopic (exact) mass is 289 g/mol. The van der Waals surface area contributed by atoms with Crippen molar-refractivity contribution in [1.82, 2.24) is 9.97 Å². The Morgan fingerprint density at radius 3 is 2.80 bits per heavy atom. The number of aryl methyl sites for hydroxylation is 1. The van der Waals surface area contributed by atoms with Crippen LogP contribution in [0.15, 0.2) is 18.2 Å². The molecule has 1 aliphatic carbocycles. The lowest BCUT2D eigenvalue weighted by Gasteiger charge is -2.17. The highest BCUT2D eigenvalue weighted by molar-refractivity contribution is 6.30. The number of halogens is 1. The van der Waals surface area contributed by atoms with Gasteiger partial charge in [0.15, 0.2) is 5.82 Å². The summed E-state index contributed by atoms with van der Waals surface area (Å²) in [6.45, 7) is 0. The van der Waals surface area contributed by atoms with Gasteiger partial charge in [-0.1, -0.05) is 11.6 Å². The number of hydrogen-bond acceptors (Lipinski definition) is 4. The second-order valence-corrected chi connectivity index (χ2v) is 5.35. The Bertz CT molecular complexity index is 658. The summed E-state index contributed by atoms with van der Waals surface area (Å²) in [7, 11) is 1.61. The van der Waals surface area contributed by atoms with Gasteiger partial charge in [0.05, 0.1) is 12.7 Å². The van der Waals surface area contributed by atoms with Gasteiger partial charge in [-0.25, -0.2) is 9.97 Å². The van der Waals surface area contributed by atoms with Gasteiger partial charge in [0.2, 0.25) is 0 Å². The number of hydrogen-bond donors (Lipinski definition) is 1. The van der Waals surface area contributed by atoms with Crippen molar-refractivity contribution in [2.24, 2.45) is 0 Å². The summed E-state index contributed by atoms with van der Waals surface area (Å²) < 4.78 is 5.36. The summed E-state index contributed by atoms with van der Waals surface area (Å²) in [6.07, 6.45) is 4.25. The van der Waals surface area contributed by atoms with E-state index in [4.69, 9.17) is 22.1 Å². The van der Waals surface area contributed by atoms with Gasteiger partial charge in [-0.2, -0.15) is 0 Å². The van der Waals surface area contributed by atoms with Crippen LogP contribution in [-0.4, -0.2) is 17.1 Å². The van der Waals surface area contributed by atoms with E-state index >= 15 is 0 Å². The van der Waals surface area contributed by atoms with E-state index in [-0.39, 0.29) is 0 Å². The van der Waals surface area contributed by atoms with Crippen LogP contribution < -0.4 is 10.5 Å². The Morgan fingerprint density at radius 2 is 2.00 bits per heavy atom. The summed E-state index contributed by atoms with van der Waals surface area (Å²) in [5, 5.41) is 0.622. The average Bonchev–Trinajstić information content (AvgIpc) is 2.47. The minimum absolute atomic E-state index is 0.585. The highest BCUT2D eigenvalue weighted by Gasteiger charge is 2.18. The van der Waals surface area contributed by atoms with Crippen LogP contribution in [0.3, 0.4) is 0 Å². The van der Waals surface area contributed by atoms with Gasteiger partial charge < -0.3 is 10.5 Å². The predicted octanol–water partition coefficient (Wildman–Crippen LogP) is 3.27. The molecule has 1 heterocycles. The van der Waals surface area contributed by atoms with E-state index in [0.29, 0.717) is 22.4 Å². The lowest BCUT2D eigenvalue weighted by atomic mass is 9.96. The molecule has 0 bridgehead atoms. The molecule has 0 fully saturated rings. The lowest BCUT2D eigenvalue weighted by Crippen LogP contribution is -2.12. The molecule has 0 unspecified atom stereocenters. The molecule has 0 aliphatic heterocycles. The zero-order valence-electron chi connectivity index (χ0n) is 11.3. The van der Waals surface area contributed by atoms with Crippen LogP contribution in [0.25, 0.3) is 11.4 Å². The van der Waals surface area contributed by atoms with Gasteiger partial charge >= 0.3 is 0 Å². The maximum atomic E-state index is 6.08. The van der Waals surface area contributed by atoms with Gasteiger partial charge in [0, 0.05) is 16.3 Å².